The Balaban J connectivity index is -0.000000297. The molecule has 0 aromatic rings. The number of hydrogen-bond donors (Lipinski definition) is 4. The molecule has 1 atom stereocenters. The van der Waals surface area contributed by atoms with Gasteiger partial charge in [0.2, 0.25) is 0 Å². The molecule has 0 aliphatic heterocycles. The molecule has 0 saturated carbocycles. The van der Waals surface area contributed by atoms with Crippen LogP contribution in [0.15, 0.2) is 0 Å². The standard InChI is InChI=1S/2C12H28OSi.C11H26OSi.C9H22OSi/c1-10(2,3)14(9,11(4,5)6)12(7,8)13;1-9(2)14(10(3)4,11(5)6)12(7,8)13;1-9(2)8-13(7,10(3)4)11(5,6)12;1-8(2,3)11(6,7)9(4,5)10/h13H,1-9H3;9-11,13H,1-8H3;9-10,12H,8H2,1-7H3;10H,1-7H3. The molecule has 0 saturated heterocycles. The van der Waals surface area contributed by atoms with E-state index in [-0.39, 0.29) is 15.1 Å². The van der Waals surface area contributed by atoms with Gasteiger partial charge in [0.05, 0.1) is 53.2 Å². The normalized spacial score (nSPS) is 15.9. The van der Waals surface area contributed by atoms with E-state index in [9.17, 15) is 20.4 Å². The molecule has 0 fully saturated rings. The van der Waals surface area contributed by atoms with E-state index < -0.39 is 53.2 Å². The van der Waals surface area contributed by atoms with E-state index >= 15 is 0 Å². The Morgan fingerprint density at radius 2 is 0.635 bits per heavy atom. The second-order valence-electron chi connectivity index (χ2n) is 24.3. The molecule has 4 nitrogen and oxygen atoms in total. The van der Waals surface area contributed by atoms with Gasteiger partial charge in [-0.3, -0.25) is 0 Å². The van der Waals surface area contributed by atoms with Gasteiger partial charge in [0.15, 0.2) is 0 Å². The van der Waals surface area contributed by atoms with Gasteiger partial charge in [-0.05, 0) is 98.6 Å². The van der Waals surface area contributed by atoms with E-state index in [2.05, 4.69) is 158 Å². The van der Waals surface area contributed by atoms with Crippen LogP contribution in [0.5, 0.6) is 0 Å². The minimum atomic E-state index is -1.80. The molecule has 0 bridgehead atoms. The quantitative estimate of drug-likeness (QED) is 0.166. The zero-order valence-electron chi connectivity index (χ0n) is 41.9. The van der Waals surface area contributed by atoms with Crippen molar-refractivity contribution in [3.63, 3.8) is 0 Å². The highest BCUT2D eigenvalue weighted by molar-refractivity contribution is 6.86. The summed E-state index contributed by atoms with van der Waals surface area (Å²) < 4.78 is 0. The molecule has 0 radical (unpaired) electrons. The summed E-state index contributed by atoms with van der Waals surface area (Å²) in [5, 5.41) is 39.9. The maximum absolute atomic E-state index is 10.5. The number of hydrogen-bond acceptors (Lipinski definition) is 4. The van der Waals surface area contributed by atoms with Gasteiger partial charge in [0, 0.05) is 0 Å². The average molecular weight is 810 g/mol. The second-order valence-corrected chi connectivity index (χ2v) is 48.9. The van der Waals surface area contributed by atoms with Crippen LogP contribution in [0.4, 0.5) is 0 Å². The molecule has 0 spiro atoms. The van der Waals surface area contributed by atoms with Crippen LogP contribution in [0, 0.1) is 5.92 Å². The van der Waals surface area contributed by atoms with Gasteiger partial charge < -0.3 is 20.4 Å². The largest absolute Gasteiger partial charge is 0.394 e. The Morgan fingerprint density at radius 3 is 0.654 bits per heavy atom. The van der Waals surface area contributed by atoms with E-state index in [0.717, 1.165) is 0 Å². The van der Waals surface area contributed by atoms with E-state index in [4.69, 9.17) is 0 Å². The van der Waals surface area contributed by atoms with Crippen molar-refractivity contribution >= 4 is 32.3 Å². The third-order valence-corrected chi connectivity index (χ3v) is 45.2. The van der Waals surface area contributed by atoms with Crippen LogP contribution in [-0.2, 0) is 0 Å². The van der Waals surface area contributed by atoms with Gasteiger partial charge in [-0.15, -0.1) is 0 Å². The zero-order chi connectivity index (χ0) is 44.1. The zero-order valence-corrected chi connectivity index (χ0v) is 45.9. The van der Waals surface area contributed by atoms with Crippen LogP contribution in [0.1, 0.15) is 187 Å². The van der Waals surface area contributed by atoms with Crippen molar-refractivity contribution in [2.75, 3.05) is 0 Å². The Morgan fingerprint density at radius 1 is 0.365 bits per heavy atom. The highest BCUT2D eigenvalue weighted by Crippen LogP contribution is 2.55. The molecule has 0 rings (SSSR count). The van der Waals surface area contributed by atoms with Crippen LogP contribution in [-0.4, -0.2) is 73.6 Å². The van der Waals surface area contributed by atoms with E-state index in [0.29, 0.717) is 28.1 Å². The topological polar surface area (TPSA) is 80.9 Å². The fourth-order valence-electron chi connectivity index (χ4n) is 10.0. The summed E-state index contributed by atoms with van der Waals surface area (Å²) in [6, 6.07) is 1.22. The summed E-state index contributed by atoms with van der Waals surface area (Å²) in [6.07, 6.45) is 0. The molecule has 0 heterocycles. The van der Waals surface area contributed by atoms with Crippen molar-refractivity contribution in [2.45, 2.75) is 277 Å². The van der Waals surface area contributed by atoms with E-state index in [1.54, 1.807) is 0 Å². The summed E-state index contributed by atoms with van der Waals surface area (Å²) in [5.41, 5.74) is 2.53. The molecular formula is C44H104O4Si4. The third kappa shape index (κ3) is 14.6. The smallest absolute Gasteiger partial charge is 0.0979 e. The molecule has 52 heavy (non-hydrogen) atoms. The molecule has 0 aromatic heterocycles. The van der Waals surface area contributed by atoms with Crippen molar-refractivity contribution < 1.29 is 20.4 Å². The molecule has 4 N–H and O–H groups in total. The summed E-state index contributed by atoms with van der Waals surface area (Å²) in [5.74, 6) is 0.700. The van der Waals surface area contributed by atoms with Crippen LogP contribution in [0.25, 0.3) is 0 Å². The third-order valence-electron chi connectivity index (χ3n) is 15.1. The Bertz CT molecular complexity index is 905. The summed E-state index contributed by atoms with van der Waals surface area (Å²) in [4.78, 5) is 0. The first-order valence-electron chi connectivity index (χ1n) is 20.8. The summed E-state index contributed by atoms with van der Waals surface area (Å²) >= 11 is 0. The minimum absolute atomic E-state index is 0.212. The van der Waals surface area contributed by atoms with Gasteiger partial charge in [-0.1, -0.05) is 164 Å². The number of aliphatic hydroxyl groups is 4. The predicted octanol–water partition coefficient (Wildman–Crippen LogP) is 14.2. The van der Waals surface area contributed by atoms with Gasteiger partial charge in [0.25, 0.3) is 0 Å². The van der Waals surface area contributed by atoms with Crippen LogP contribution >= 0.6 is 0 Å². The highest BCUT2D eigenvalue weighted by Gasteiger charge is 2.57. The molecule has 0 aliphatic rings. The van der Waals surface area contributed by atoms with E-state index in [1.165, 1.54) is 6.04 Å². The highest BCUT2D eigenvalue weighted by atomic mass is 28.3. The number of rotatable bonds is 10. The van der Waals surface area contributed by atoms with Gasteiger partial charge in [-0.25, -0.2) is 0 Å². The predicted molar refractivity (Wildman–Crippen MR) is 251 cm³/mol. The van der Waals surface area contributed by atoms with Crippen molar-refractivity contribution in [3.05, 3.63) is 0 Å². The lowest BCUT2D eigenvalue weighted by atomic mass is 10.2. The van der Waals surface area contributed by atoms with Gasteiger partial charge >= 0.3 is 0 Å². The lowest BCUT2D eigenvalue weighted by Gasteiger charge is -2.56. The molecule has 0 aliphatic carbocycles. The summed E-state index contributed by atoms with van der Waals surface area (Å²) in [7, 11) is -6.56. The average Bonchev–Trinajstić information content (AvgIpc) is 2.78. The fraction of sp³-hybridized carbons (Fsp3) is 1.00. The molecule has 0 amide bonds. The van der Waals surface area contributed by atoms with Gasteiger partial charge in [-0.2, -0.15) is 0 Å². The Hall–Kier alpha value is 0.708. The first-order valence-corrected chi connectivity index (χ1v) is 31.4. The molecule has 1 unspecified atom stereocenters. The Labute approximate surface area is 334 Å². The van der Waals surface area contributed by atoms with Crippen LogP contribution in [0.3, 0.4) is 0 Å². The first kappa shape index (κ1) is 59.4. The van der Waals surface area contributed by atoms with E-state index in [1.807, 2.05) is 55.4 Å². The fourth-order valence-corrected chi connectivity index (χ4v) is 30.1. The van der Waals surface area contributed by atoms with Crippen molar-refractivity contribution in [3.8, 4) is 0 Å². The maximum Gasteiger partial charge on any atom is 0.0979 e. The van der Waals surface area contributed by atoms with Crippen LogP contribution < -0.4 is 0 Å². The second kappa shape index (κ2) is 19.4. The molecule has 320 valence electrons. The van der Waals surface area contributed by atoms with Crippen molar-refractivity contribution in [1.29, 1.82) is 0 Å². The molecular weight excluding hydrogens is 705 g/mol. The van der Waals surface area contributed by atoms with Crippen molar-refractivity contribution in [2.24, 2.45) is 5.92 Å². The molecule has 8 heteroatoms. The minimum Gasteiger partial charge on any atom is -0.394 e. The summed E-state index contributed by atoms with van der Waals surface area (Å²) in [6.45, 7) is 67.9. The van der Waals surface area contributed by atoms with Crippen molar-refractivity contribution in [1.82, 2.24) is 0 Å². The lowest BCUT2D eigenvalue weighted by molar-refractivity contribution is 0.144. The Kier molecular flexibility index (Phi) is 22.2. The first-order chi connectivity index (χ1) is 21.9. The SMILES string of the molecule is CC(C)(C)[Si](C)(C(C)(C)C)C(C)(C)O.CC(C)(C)[Si](C)(C)C(C)(C)O.CC(C)C[Si](C)(C(C)C)C(C)(C)O.CC(C)[Si](C(C)C)(C(C)C)C(C)(C)O. The maximum atomic E-state index is 10.5. The van der Waals surface area contributed by atoms with Crippen LogP contribution in [0.2, 0.25) is 69.5 Å². The van der Waals surface area contributed by atoms with Gasteiger partial charge in [0.1, 0.15) is 0 Å². The molecule has 0 aromatic carbocycles. The lowest BCUT2D eigenvalue weighted by Crippen LogP contribution is -2.64. The monoisotopic (exact) mass is 809 g/mol.